The van der Waals surface area contributed by atoms with Gasteiger partial charge in [0.15, 0.2) is 5.76 Å². The van der Waals surface area contributed by atoms with E-state index in [9.17, 15) is 9.59 Å². The highest BCUT2D eigenvalue weighted by Gasteiger charge is 2.11. The van der Waals surface area contributed by atoms with Crippen LogP contribution in [0.2, 0.25) is 5.02 Å². The van der Waals surface area contributed by atoms with Crippen molar-refractivity contribution in [1.82, 2.24) is 5.32 Å². The molecule has 128 valence electrons. The number of rotatable bonds is 7. The van der Waals surface area contributed by atoms with Gasteiger partial charge in [-0.1, -0.05) is 31.4 Å². The first-order valence-electron chi connectivity index (χ1n) is 7.79. The first kappa shape index (κ1) is 17.9. The van der Waals surface area contributed by atoms with Crippen molar-refractivity contribution in [3.63, 3.8) is 0 Å². The first-order chi connectivity index (χ1) is 11.6. The highest BCUT2D eigenvalue weighted by molar-refractivity contribution is 6.34. The second-order valence-corrected chi connectivity index (χ2v) is 5.62. The van der Waals surface area contributed by atoms with Crippen LogP contribution in [-0.4, -0.2) is 18.5 Å². The van der Waals surface area contributed by atoms with Crippen LogP contribution in [0, 0.1) is 0 Å². The SMILES string of the molecule is CCCCCNC(=O)Nc1ccc(NC(=O)c2ccco2)c(Cl)c1. The number of hydrogen-bond donors (Lipinski definition) is 3. The third-order valence-electron chi connectivity index (χ3n) is 3.29. The van der Waals surface area contributed by atoms with Crippen molar-refractivity contribution in [3.8, 4) is 0 Å². The highest BCUT2D eigenvalue weighted by Crippen LogP contribution is 2.26. The molecule has 0 spiro atoms. The molecule has 1 aromatic carbocycles. The minimum Gasteiger partial charge on any atom is -0.459 e. The Bertz CT molecular complexity index is 686. The third kappa shape index (κ3) is 5.31. The van der Waals surface area contributed by atoms with Gasteiger partial charge in [-0.3, -0.25) is 4.79 Å². The van der Waals surface area contributed by atoms with E-state index in [2.05, 4.69) is 22.9 Å². The van der Waals surface area contributed by atoms with Crippen LogP contribution in [0.3, 0.4) is 0 Å². The lowest BCUT2D eigenvalue weighted by molar-refractivity contribution is 0.0996. The smallest absolute Gasteiger partial charge is 0.319 e. The second kappa shape index (κ2) is 8.98. The number of benzene rings is 1. The Morgan fingerprint density at radius 3 is 2.67 bits per heavy atom. The van der Waals surface area contributed by atoms with Gasteiger partial charge in [0.05, 0.1) is 17.0 Å². The quantitative estimate of drug-likeness (QED) is 0.643. The molecule has 24 heavy (non-hydrogen) atoms. The van der Waals surface area contributed by atoms with E-state index in [4.69, 9.17) is 16.0 Å². The zero-order chi connectivity index (χ0) is 17.4. The zero-order valence-electron chi connectivity index (χ0n) is 13.4. The summed E-state index contributed by atoms with van der Waals surface area (Å²) in [7, 11) is 0. The Labute approximate surface area is 145 Å². The van der Waals surface area contributed by atoms with Gasteiger partial charge in [-0.2, -0.15) is 0 Å². The number of amides is 3. The molecule has 0 fully saturated rings. The Morgan fingerprint density at radius 1 is 1.17 bits per heavy atom. The van der Waals surface area contributed by atoms with Crippen LogP contribution in [0.4, 0.5) is 16.2 Å². The molecular formula is C17H20ClN3O3. The van der Waals surface area contributed by atoms with Crippen molar-refractivity contribution in [2.75, 3.05) is 17.2 Å². The maximum atomic E-state index is 11.9. The molecule has 0 saturated carbocycles. The predicted molar refractivity (Wildman–Crippen MR) is 94.7 cm³/mol. The summed E-state index contributed by atoms with van der Waals surface area (Å²) in [4.78, 5) is 23.7. The second-order valence-electron chi connectivity index (χ2n) is 5.21. The van der Waals surface area contributed by atoms with E-state index >= 15 is 0 Å². The lowest BCUT2D eigenvalue weighted by Gasteiger charge is -2.10. The minimum atomic E-state index is -0.392. The Morgan fingerprint density at radius 2 is 2.00 bits per heavy atom. The average Bonchev–Trinajstić information content (AvgIpc) is 3.09. The number of anilines is 2. The number of unbranched alkanes of at least 4 members (excludes halogenated alkanes) is 2. The molecule has 7 heteroatoms. The van der Waals surface area contributed by atoms with E-state index < -0.39 is 5.91 Å². The van der Waals surface area contributed by atoms with Crippen molar-refractivity contribution >= 4 is 34.9 Å². The monoisotopic (exact) mass is 349 g/mol. The van der Waals surface area contributed by atoms with Gasteiger partial charge in [0.1, 0.15) is 0 Å². The van der Waals surface area contributed by atoms with Crippen LogP contribution in [0.15, 0.2) is 41.0 Å². The largest absolute Gasteiger partial charge is 0.459 e. The lowest BCUT2D eigenvalue weighted by Crippen LogP contribution is -2.29. The minimum absolute atomic E-state index is 0.194. The van der Waals surface area contributed by atoms with Gasteiger partial charge in [-0.05, 0) is 36.8 Å². The molecule has 6 nitrogen and oxygen atoms in total. The van der Waals surface area contributed by atoms with E-state index in [1.54, 1.807) is 30.3 Å². The summed E-state index contributed by atoms with van der Waals surface area (Å²) in [5.41, 5.74) is 0.982. The third-order valence-corrected chi connectivity index (χ3v) is 3.60. The summed E-state index contributed by atoms with van der Waals surface area (Å²) in [6, 6.07) is 7.76. The molecule has 0 unspecified atom stereocenters. The fourth-order valence-electron chi connectivity index (χ4n) is 2.04. The van der Waals surface area contributed by atoms with Gasteiger partial charge in [0.25, 0.3) is 5.91 Å². The molecule has 0 atom stereocenters. The van der Waals surface area contributed by atoms with Gasteiger partial charge >= 0.3 is 6.03 Å². The van der Waals surface area contributed by atoms with Crippen LogP contribution in [0.1, 0.15) is 36.7 Å². The fourth-order valence-corrected chi connectivity index (χ4v) is 2.27. The summed E-state index contributed by atoms with van der Waals surface area (Å²) in [5, 5.41) is 8.44. The molecule has 0 radical (unpaired) electrons. The molecule has 0 aliphatic carbocycles. The van der Waals surface area contributed by atoms with E-state index in [0.29, 0.717) is 22.9 Å². The molecule has 2 aromatic rings. The standard InChI is InChI=1S/C17H20ClN3O3/c1-2-3-4-9-19-17(23)20-12-7-8-14(13(18)11-12)21-16(22)15-6-5-10-24-15/h5-8,10-11H,2-4,9H2,1H3,(H,21,22)(H2,19,20,23). The van der Waals surface area contributed by atoms with E-state index in [0.717, 1.165) is 19.3 Å². The van der Waals surface area contributed by atoms with E-state index in [-0.39, 0.29) is 11.8 Å². The zero-order valence-corrected chi connectivity index (χ0v) is 14.2. The number of halogens is 1. The molecule has 0 saturated heterocycles. The van der Waals surface area contributed by atoms with Crippen LogP contribution in [0.5, 0.6) is 0 Å². The Hall–Kier alpha value is -2.47. The normalized spacial score (nSPS) is 10.2. The predicted octanol–water partition coefficient (Wildman–Crippen LogP) is 4.50. The lowest BCUT2D eigenvalue weighted by atomic mass is 10.2. The summed E-state index contributed by atoms with van der Waals surface area (Å²) in [6.07, 6.45) is 4.55. The molecule has 0 aliphatic heterocycles. The number of furan rings is 1. The number of urea groups is 1. The topological polar surface area (TPSA) is 83.4 Å². The first-order valence-corrected chi connectivity index (χ1v) is 8.17. The maximum Gasteiger partial charge on any atom is 0.319 e. The Kier molecular flexibility index (Phi) is 6.69. The van der Waals surface area contributed by atoms with Gasteiger partial charge in [-0.15, -0.1) is 0 Å². The molecule has 0 aliphatic rings. The van der Waals surface area contributed by atoms with Crippen molar-refractivity contribution in [2.24, 2.45) is 0 Å². The summed E-state index contributed by atoms with van der Waals surface area (Å²) < 4.78 is 5.02. The molecule has 3 N–H and O–H groups in total. The Balaban J connectivity index is 1.89. The molecule has 1 heterocycles. The summed E-state index contributed by atoms with van der Waals surface area (Å²) >= 11 is 6.15. The summed E-state index contributed by atoms with van der Waals surface area (Å²) in [5.74, 6) is -0.198. The van der Waals surface area contributed by atoms with Crippen LogP contribution >= 0.6 is 11.6 Å². The van der Waals surface area contributed by atoms with Gasteiger partial charge < -0.3 is 20.4 Å². The molecule has 3 amide bonds. The average molecular weight is 350 g/mol. The number of hydrogen-bond acceptors (Lipinski definition) is 3. The summed E-state index contributed by atoms with van der Waals surface area (Å²) in [6.45, 7) is 2.74. The van der Waals surface area contributed by atoms with E-state index in [1.807, 2.05) is 0 Å². The van der Waals surface area contributed by atoms with Gasteiger partial charge in [0.2, 0.25) is 0 Å². The fraction of sp³-hybridized carbons (Fsp3) is 0.294. The van der Waals surface area contributed by atoms with E-state index in [1.165, 1.54) is 6.26 Å². The van der Waals surface area contributed by atoms with Crippen LogP contribution in [-0.2, 0) is 0 Å². The molecular weight excluding hydrogens is 330 g/mol. The van der Waals surface area contributed by atoms with Crippen LogP contribution < -0.4 is 16.0 Å². The molecule has 0 bridgehead atoms. The van der Waals surface area contributed by atoms with Gasteiger partial charge in [0, 0.05) is 12.2 Å². The maximum absolute atomic E-state index is 11.9. The number of carbonyl (C=O) groups excluding carboxylic acids is 2. The number of carbonyl (C=O) groups is 2. The van der Waals surface area contributed by atoms with Gasteiger partial charge in [-0.25, -0.2) is 4.79 Å². The van der Waals surface area contributed by atoms with Crippen molar-refractivity contribution in [3.05, 3.63) is 47.4 Å². The molecule has 2 rings (SSSR count). The van der Waals surface area contributed by atoms with Crippen molar-refractivity contribution < 1.29 is 14.0 Å². The van der Waals surface area contributed by atoms with Crippen LogP contribution in [0.25, 0.3) is 0 Å². The highest BCUT2D eigenvalue weighted by atomic mass is 35.5. The number of nitrogens with one attached hydrogen (secondary N) is 3. The molecule has 1 aromatic heterocycles. The van der Waals surface area contributed by atoms with Crippen molar-refractivity contribution in [1.29, 1.82) is 0 Å². The van der Waals surface area contributed by atoms with Crippen molar-refractivity contribution in [2.45, 2.75) is 26.2 Å².